The summed E-state index contributed by atoms with van der Waals surface area (Å²) in [6.07, 6.45) is 2.67. The zero-order chi connectivity index (χ0) is 14.7. The van der Waals surface area contributed by atoms with Crippen molar-refractivity contribution < 1.29 is 0 Å². The lowest BCUT2D eigenvalue weighted by Crippen LogP contribution is -2.23. The molecule has 0 aliphatic rings. The van der Waals surface area contributed by atoms with Crippen molar-refractivity contribution in [2.75, 3.05) is 20.6 Å². The van der Waals surface area contributed by atoms with Crippen LogP contribution in [0, 0.1) is 0 Å². The molecular weight excluding hydrogens is 292 g/mol. The SMILES string of the molecule is CCc1ccsc1C(N)c1c(Cl)cnn1CCN(C)C. The molecule has 2 rings (SSSR count). The van der Waals surface area contributed by atoms with Gasteiger partial charge < -0.3 is 10.6 Å². The van der Waals surface area contributed by atoms with Gasteiger partial charge in [0.25, 0.3) is 0 Å². The second kappa shape index (κ2) is 6.72. The third kappa shape index (κ3) is 3.23. The van der Waals surface area contributed by atoms with Crippen LogP contribution in [0.4, 0.5) is 0 Å². The Morgan fingerprint density at radius 2 is 2.25 bits per heavy atom. The molecular formula is C14H21ClN4S. The topological polar surface area (TPSA) is 47.1 Å². The quantitative estimate of drug-likeness (QED) is 0.892. The van der Waals surface area contributed by atoms with Crippen LogP contribution in [0.2, 0.25) is 5.02 Å². The van der Waals surface area contributed by atoms with Crippen LogP contribution in [0.3, 0.4) is 0 Å². The summed E-state index contributed by atoms with van der Waals surface area (Å²) in [7, 11) is 4.08. The normalized spacial score (nSPS) is 13.1. The minimum Gasteiger partial charge on any atom is -0.318 e. The van der Waals surface area contributed by atoms with Crippen molar-refractivity contribution in [3.63, 3.8) is 0 Å². The molecule has 0 fully saturated rings. The Morgan fingerprint density at radius 3 is 2.90 bits per heavy atom. The fourth-order valence-electron chi connectivity index (χ4n) is 2.19. The zero-order valence-electron chi connectivity index (χ0n) is 12.1. The van der Waals surface area contributed by atoms with E-state index in [-0.39, 0.29) is 6.04 Å². The summed E-state index contributed by atoms with van der Waals surface area (Å²) in [5, 5.41) is 7.09. The van der Waals surface area contributed by atoms with Gasteiger partial charge in [0.1, 0.15) is 0 Å². The van der Waals surface area contributed by atoms with Gasteiger partial charge in [-0.3, -0.25) is 4.68 Å². The first kappa shape index (κ1) is 15.5. The van der Waals surface area contributed by atoms with Crippen molar-refractivity contribution in [2.24, 2.45) is 5.73 Å². The molecule has 4 nitrogen and oxygen atoms in total. The lowest BCUT2D eigenvalue weighted by atomic mass is 10.1. The molecule has 0 amide bonds. The summed E-state index contributed by atoms with van der Waals surface area (Å²) >= 11 is 7.98. The number of aromatic nitrogens is 2. The van der Waals surface area contributed by atoms with E-state index in [1.165, 1.54) is 10.4 Å². The number of halogens is 1. The number of thiophene rings is 1. The molecule has 1 unspecified atom stereocenters. The Morgan fingerprint density at radius 1 is 1.50 bits per heavy atom. The summed E-state index contributed by atoms with van der Waals surface area (Å²) in [6.45, 7) is 3.83. The summed E-state index contributed by atoms with van der Waals surface area (Å²) in [5.41, 5.74) is 8.64. The number of nitrogens with two attached hydrogens (primary N) is 1. The van der Waals surface area contributed by atoms with Gasteiger partial charge in [-0.2, -0.15) is 5.10 Å². The Balaban J connectivity index is 2.29. The molecule has 2 heterocycles. The van der Waals surface area contributed by atoms with Crippen LogP contribution in [0.5, 0.6) is 0 Å². The van der Waals surface area contributed by atoms with Gasteiger partial charge in [-0.1, -0.05) is 18.5 Å². The van der Waals surface area contributed by atoms with Crippen LogP contribution < -0.4 is 5.73 Å². The zero-order valence-corrected chi connectivity index (χ0v) is 13.7. The third-order valence-electron chi connectivity index (χ3n) is 3.33. The van der Waals surface area contributed by atoms with Gasteiger partial charge in [0, 0.05) is 11.4 Å². The maximum Gasteiger partial charge on any atom is 0.0838 e. The fourth-order valence-corrected chi connectivity index (χ4v) is 3.45. The van der Waals surface area contributed by atoms with Crippen LogP contribution in [0.25, 0.3) is 0 Å². The van der Waals surface area contributed by atoms with Crippen molar-refractivity contribution in [1.82, 2.24) is 14.7 Å². The molecule has 0 aliphatic carbocycles. The monoisotopic (exact) mass is 312 g/mol. The highest BCUT2D eigenvalue weighted by Gasteiger charge is 2.21. The van der Waals surface area contributed by atoms with Crippen molar-refractivity contribution >= 4 is 22.9 Å². The summed E-state index contributed by atoms with van der Waals surface area (Å²) in [6, 6.07) is 1.93. The highest BCUT2D eigenvalue weighted by atomic mass is 35.5. The minimum absolute atomic E-state index is 0.206. The van der Waals surface area contributed by atoms with Gasteiger partial charge in [-0.25, -0.2) is 0 Å². The summed E-state index contributed by atoms with van der Waals surface area (Å²) < 4.78 is 1.92. The van der Waals surface area contributed by atoms with Crippen LogP contribution in [-0.4, -0.2) is 35.3 Å². The Hall–Kier alpha value is -0.880. The van der Waals surface area contributed by atoms with Crippen molar-refractivity contribution in [2.45, 2.75) is 25.9 Å². The van der Waals surface area contributed by atoms with Crippen molar-refractivity contribution in [3.8, 4) is 0 Å². The standard InChI is InChI=1S/C14H21ClN4S/c1-4-10-5-8-20-14(10)12(16)13-11(15)9-17-19(13)7-6-18(2)3/h5,8-9,12H,4,6-7,16H2,1-3H3. The van der Waals surface area contributed by atoms with Crippen LogP contribution in [0.1, 0.15) is 29.1 Å². The predicted molar refractivity (Wildman–Crippen MR) is 85.5 cm³/mol. The molecule has 2 aromatic heterocycles. The van der Waals surface area contributed by atoms with Gasteiger partial charge in [0.05, 0.1) is 29.5 Å². The molecule has 2 aromatic rings. The molecule has 0 saturated heterocycles. The Labute approximate surface area is 129 Å². The second-order valence-corrected chi connectivity index (χ2v) is 6.40. The molecule has 0 aromatic carbocycles. The number of aryl methyl sites for hydroxylation is 1. The lowest BCUT2D eigenvalue weighted by Gasteiger charge is -2.17. The number of hydrogen-bond acceptors (Lipinski definition) is 4. The first-order valence-electron chi connectivity index (χ1n) is 6.72. The molecule has 0 bridgehead atoms. The van der Waals surface area contributed by atoms with E-state index < -0.39 is 0 Å². The van der Waals surface area contributed by atoms with Crippen LogP contribution in [-0.2, 0) is 13.0 Å². The van der Waals surface area contributed by atoms with Crippen LogP contribution >= 0.6 is 22.9 Å². The largest absolute Gasteiger partial charge is 0.318 e. The van der Waals surface area contributed by atoms with Gasteiger partial charge in [-0.15, -0.1) is 11.3 Å². The summed E-state index contributed by atoms with van der Waals surface area (Å²) in [4.78, 5) is 3.30. The third-order valence-corrected chi connectivity index (χ3v) is 4.66. The molecule has 0 spiro atoms. The number of rotatable bonds is 6. The number of nitrogens with zero attached hydrogens (tertiary/aromatic N) is 3. The molecule has 0 radical (unpaired) electrons. The van der Waals surface area contributed by atoms with E-state index >= 15 is 0 Å². The van der Waals surface area contributed by atoms with Crippen molar-refractivity contribution in [3.05, 3.63) is 38.8 Å². The van der Waals surface area contributed by atoms with E-state index in [4.69, 9.17) is 17.3 Å². The average Bonchev–Trinajstić information content (AvgIpc) is 3.01. The maximum absolute atomic E-state index is 6.44. The van der Waals surface area contributed by atoms with E-state index in [1.54, 1.807) is 17.5 Å². The maximum atomic E-state index is 6.44. The number of likely N-dealkylation sites (N-methyl/N-ethyl adjacent to an activating group) is 1. The highest BCUT2D eigenvalue weighted by molar-refractivity contribution is 7.10. The Bertz CT molecular complexity index is 561. The van der Waals surface area contributed by atoms with E-state index in [2.05, 4.69) is 28.4 Å². The predicted octanol–water partition coefficient (Wildman–Crippen LogP) is 2.77. The van der Waals surface area contributed by atoms with Gasteiger partial charge >= 0.3 is 0 Å². The van der Waals surface area contributed by atoms with Gasteiger partial charge in [-0.05, 0) is 37.5 Å². The lowest BCUT2D eigenvalue weighted by molar-refractivity contribution is 0.368. The molecule has 20 heavy (non-hydrogen) atoms. The van der Waals surface area contributed by atoms with Crippen molar-refractivity contribution in [1.29, 1.82) is 0 Å². The first-order valence-corrected chi connectivity index (χ1v) is 7.98. The minimum atomic E-state index is -0.206. The van der Waals surface area contributed by atoms with Gasteiger partial charge in [0.15, 0.2) is 0 Å². The molecule has 0 saturated carbocycles. The van der Waals surface area contributed by atoms with E-state index in [0.717, 1.165) is 25.2 Å². The molecule has 6 heteroatoms. The average molecular weight is 313 g/mol. The van der Waals surface area contributed by atoms with Gasteiger partial charge in [0.2, 0.25) is 0 Å². The first-order chi connectivity index (χ1) is 9.54. The summed E-state index contributed by atoms with van der Waals surface area (Å²) in [5.74, 6) is 0. The molecule has 110 valence electrons. The number of hydrogen-bond donors (Lipinski definition) is 1. The Kier molecular flexibility index (Phi) is 5.21. The second-order valence-electron chi connectivity index (χ2n) is 5.05. The van der Waals surface area contributed by atoms with E-state index in [0.29, 0.717) is 5.02 Å². The highest BCUT2D eigenvalue weighted by Crippen LogP contribution is 2.32. The smallest absolute Gasteiger partial charge is 0.0838 e. The molecule has 2 N–H and O–H groups in total. The van der Waals surface area contributed by atoms with E-state index in [1.807, 2.05) is 18.8 Å². The molecule has 1 atom stereocenters. The molecule has 0 aliphatic heterocycles. The van der Waals surface area contributed by atoms with Crippen LogP contribution in [0.15, 0.2) is 17.6 Å². The van der Waals surface area contributed by atoms with E-state index in [9.17, 15) is 0 Å². The fraction of sp³-hybridized carbons (Fsp3) is 0.500.